The summed E-state index contributed by atoms with van der Waals surface area (Å²) >= 11 is 1.56. The van der Waals surface area contributed by atoms with Gasteiger partial charge in [-0.3, -0.25) is 14.5 Å². The topological polar surface area (TPSA) is 114 Å². The Balaban J connectivity index is 1.41. The van der Waals surface area contributed by atoms with Gasteiger partial charge in [-0.1, -0.05) is 12.1 Å². The van der Waals surface area contributed by atoms with E-state index in [0.29, 0.717) is 11.7 Å². The van der Waals surface area contributed by atoms with Crippen LogP contribution < -0.4 is 5.32 Å². The summed E-state index contributed by atoms with van der Waals surface area (Å²) in [6.07, 6.45) is 0. The molecule has 1 saturated heterocycles. The summed E-state index contributed by atoms with van der Waals surface area (Å²) in [5.74, 6) is -0.308. The number of hydrogen-bond acceptors (Lipinski definition) is 8. The van der Waals surface area contributed by atoms with Crippen LogP contribution in [0.15, 0.2) is 35.5 Å². The molecule has 0 spiro atoms. The van der Waals surface area contributed by atoms with E-state index in [2.05, 4.69) is 15.3 Å². The van der Waals surface area contributed by atoms with Crippen LogP contribution in [0.2, 0.25) is 0 Å². The number of ether oxygens (including phenoxy) is 2. The standard InChI is InChI=1S/C21H24N4O5S/c1-11-9-31-17-14(24-20-22-12-7-5-6-8-13(12)23-20)16(26)25(17)15(11)18(27)29-10-30-19(28)21(2,3)4/h5-8,14,17H,9-10H2,1-4H3,(H2,22,23,24)/t14?,17-/m1/s1. The number of β-lactam (4-membered cyclic amide) rings is 1. The SMILES string of the molecule is CC1=C(C(=O)OCOC(=O)C(C)(C)C)N2C(=O)C(Nc3nc4ccccc4[nH]3)[C@H]2SC1. The molecular weight excluding hydrogens is 420 g/mol. The second-order valence-corrected chi connectivity index (χ2v) is 9.60. The molecule has 3 heterocycles. The first kappa shape index (κ1) is 21.2. The average Bonchev–Trinajstić information content (AvgIpc) is 3.13. The second-order valence-electron chi connectivity index (χ2n) is 8.49. The molecule has 1 amide bonds. The Morgan fingerprint density at radius 1 is 1.29 bits per heavy atom. The number of carbonyl (C=O) groups excluding carboxylic acids is 3. The average molecular weight is 445 g/mol. The molecule has 2 aliphatic heterocycles. The molecule has 1 aromatic heterocycles. The predicted octanol–water partition coefficient (Wildman–Crippen LogP) is 2.62. The predicted molar refractivity (Wildman–Crippen MR) is 116 cm³/mol. The quantitative estimate of drug-likeness (QED) is 0.411. The number of rotatable bonds is 5. The van der Waals surface area contributed by atoms with Crippen molar-refractivity contribution in [2.24, 2.45) is 5.41 Å². The highest BCUT2D eigenvalue weighted by Gasteiger charge is 2.53. The summed E-state index contributed by atoms with van der Waals surface area (Å²) < 4.78 is 10.1. The smallest absolute Gasteiger partial charge is 0.357 e. The molecule has 2 atom stereocenters. The third kappa shape index (κ3) is 3.99. The molecule has 10 heteroatoms. The number of H-pyrrole nitrogens is 1. The van der Waals surface area contributed by atoms with Crippen molar-refractivity contribution >= 4 is 46.6 Å². The number of aromatic nitrogens is 2. The highest BCUT2D eigenvalue weighted by Crippen LogP contribution is 2.41. The Morgan fingerprint density at radius 3 is 2.74 bits per heavy atom. The van der Waals surface area contributed by atoms with Gasteiger partial charge in [-0.05, 0) is 45.4 Å². The number of carbonyl (C=O) groups is 3. The van der Waals surface area contributed by atoms with Crippen molar-refractivity contribution in [1.82, 2.24) is 14.9 Å². The second kappa shape index (κ2) is 7.92. The molecule has 0 saturated carbocycles. The van der Waals surface area contributed by atoms with Crippen LogP contribution in [0.3, 0.4) is 0 Å². The molecule has 4 rings (SSSR count). The Bertz CT molecular complexity index is 1050. The van der Waals surface area contributed by atoms with Gasteiger partial charge in [0.2, 0.25) is 12.7 Å². The van der Waals surface area contributed by atoms with Crippen LogP contribution in [0.4, 0.5) is 5.95 Å². The Morgan fingerprint density at radius 2 is 2.03 bits per heavy atom. The third-order valence-electron chi connectivity index (χ3n) is 5.03. The van der Waals surface area contributed by atoms with Gasteiger partial charge in [0.15, 0.2) is 0 Å². The van der Waals surface area contributed by atoms with E-state index in [-0.39, 0.29) is 17.0 Å². The van der Waals surface area contributed by atoms with Gasteiger partial charge in [-0.15, -0.1) is 11.8 Å². The van der Waals surface area contributed by atoms with E-state index in [1.54, 1.807) is 39.5 Å². The maximum Gasteiger partial charge on any atom is 0.357 e. The van der Waals surface area contributed by atoms with Crippen LogP contribution in [-0.2, 0) is 23.9 Å². The molecule has 2 aromatic rings. The summed E-state index contributed by atoms with van der Waals surface area (Å²) in [5.41, 5.74) is 1.92. The van der Waals surface area contributed by atoms with E-state index in [0.717, 1.165) is 16.6 Å². The number of nitrogens with zero attached hydrogens (tertiary/aromatic N) is 2. The summed E-state index contributed by atoms with van der Waals surface area (Å²) in [7, 11) is 0. The maximum absolute atomic E-state index is 12.9. The van der Waals surface area contributed by atoms with Gasteiger partial charge in [-0.25, -0.2) is 9.78 Å². The summed E-state index contributed by atoms with van der Waals surface area (Å²) in [6.45, 7) is 6.42. The molecule has 1 aromatic carbocycles. The number of nitrogens with one attached hydrogen (secondary N) is 2. The molecule has 1 fully saturated rings. The minimum atomic E-state index is -0.697. The molecule has 0 bridgehead atoms. The van der Waals surface area contributed by atoms with Gasteiger partial charge >= 0.3 is 11.9 Å². The fourth-order valence-electron chi connectivity index (χ4n) is 3.35. The zero-order valence-corrected chi connectivity index (χ0v) is 18.5. The first-order valence-electron chi connectivity index (χ1n) is 9.87. The molecular formula is C21H24N4O5S. The zero-order chi connectivity index (χ0) is 22.3. The number of aromatic amines is 1. The van der Waals surface area contributed by atoms with Crippen molar-refractivity contribution in [1.29, 1.82) is 0 Å². The van der Waals surface area contributed by atoms with Gasteiger partial charge < -0.3 is 19.8 Å². The molecule has 0 radical (unpaired) electrons. The number of benzene rings is 1. The summed E-state index contributed by atoms with van der Waals surface area (Å²) in [6, 6.07) is 7.07. The Hall–Kier alpha value is -3.01. The number of imidazole rings is 1. The van der Waals surface area contributed by atoms with Crippen LogP contribution in [-0.4, -0.2) is 56.7 Å². The lowest BCUT2D eigenvalue weighted by Crippen LogP contribution is -2.67. The molecule has 31 heavy (non-hydrogen) atoms. The molecule has 2 aliphatic rings. The molecule has 2 N–H and O–H groups in total. The number of thioether (sulfide) groups is 1. The monoisotopic (exact) mass is 444 g/mol. The van der Waals surface area contributed by atoms with Crippen molar-refractivity contribution in [2.45, 2.75) is 39.1 Å². The maximum atomic E-state index is 12.9. The number of fused-ring (bicyclic) bond motifs is 2. The number of para-hydroxylation sites is 2. The lowest BCUT2D eigenvalue weighted by Gasteiger charge is -2.49. The fourth-order valence-corrected chi connectivity index (χ4v) is 4.64. The zero-order valence-electron chi connectivity index (χ0n) is 17.7. The number of hydrogen-bond donors (Lipinski definition) is 2. The Labute approximate surface area is 183 Å². The van der Waals surface area contributed by atoms with Crippen LogP contribution >= 0.6 is 11.8 Å². The van der Waals surface area contributed by atoms with E-state index < -0.39 is 30.2 Å². The van der Waals surface area contributed by atoms with E-state index >= 15 is 0 Å². The third-order valence-corrected chi connectivity index (χ3v) is 6.45. The summed E-state index contributed by atoms with van der Waals surface area (Å²) in [4.78, 5) is 46.4. The van der Waals surface area contributed by atoms with Gasteiger partial charge in [0, 0.05) is 5.75 Å². The van der Waals surface area contributed by atoms with Gasteiger partial charge in [-0.2, -0.15) is 0 Å². The van der Waals surface area contributed by atoms with E-state index in [1.807, 2.05) is 24.3 Å². The first-order valence-corrected chi connectivity index (χ1v) is 10.9. The van der Waals surface area contributed by atoms with Crippen molar-refractivity contribution in [3.8, 4) is 0 Å². The number of anilines is 1. The highest BCUT2D eigenvalue weighted by molar-refractivity contribution is 8.00. The number of amides is 1. The molecule has 0 aliphatic carbocycles. The lowest BCUT2D eigenvalue weighted by molar-refractivity contribution is -0.173. The minimum Gasteiger partial charge on any atom is -0.427 e. The summed E-state index contributed by atoms with van der Waals surface area (Å²) in [5, 5.41) is 2.88. The molecule has 9 nitrogen and oxygen atoms in total. The van der Waals surface area contributed by atoms with E-state index in [1.165, 1.54) is 4.90 Å². The van der Waals surface area contributed by atoms with Crippen LogP contribution in [0.25, 0.3) is 11.0 Å². The van der Waals surface area contributed by atoms with Crippen molar-refractivity contribution in [2.75, 3.05) is 17.9 Å². The van der Waals surface area contributed by atoms with Crippen LogP contribution in [0.5, 0.6) is 0 Å². The van der Waals surface area contributed by atoms with Gasteiger partial charge in [0.05, 0.1) is 16.4 Å². The Kier molecular flexibility index (Phi) is 5.42. The largest absolute Gasteiger partial charge is 0.427 e. The van der Waals surface area contributed by atoms with Crippen LogP contribution in [0.1, 0.15) is 27.7 Å². The van der Waals surface area contributed by atoms with E-state index in [4.69, 9.17) is 9.47 Å². The highest BCUT2D eigenvalue weighted by atomic mass is 32.2. The minimum absolute atomic E-state index is 0.211. The van der Waals surface area contributed by atoms with Crippen molar-refractivity contribution in [3.63, 3.8) is 0 Å². The molecule has 164 valence electrons. The fraction of sp³-hybridized carbons (Fsp3) is 0.429. The van der Waals surface area contributed by atoms with E-state index in [9.17, 15) is 14.4 Å². The normalized spacial score (nSPS) is 20.9. The lowest BCUT2D eigenvalue weighted by atomic mass is 9.98. The number of esters is 2. The van der Waals surface area contributed by atoms with Crippen molar-refractivity contribution < 1.29 is 23.9 Å². The van der Waals surface area contributed by atoms with Gasteiger partial charge in [0.25, 0.3) is 5.91 Å². The first-order chi connectivity index (χ1) is 14.7. The molecule has 1 unspecified atom stereocenters. The van der Waals surface area contributed by atoms with Gasteiger partial charge in [0.1, 0.15) is 17.1 Å². The van der Waals surface area contributed by atoms with Crippen LogP contribution in [0, 0.1) is 5.41 Å². The van der Waals surface area contributed by atoms with Crippen molar-refractivity contribution in [3.05, 3.63) is 35.5 Å².